The van der Waals surface area contributed by atoms with E-state index in [1.165, 1.54) is 6.42 Å². The van der Waals surface area contributed by atoms with Crippen molar-refractivity contribution in [1.29, 1.82) is 0 Å². The summed E-state index contributed by atoms with van der Waals surface area (Å²) in [6.07, 6.45) is 1.46. The van der Waals surface area contributed by atoms with E-state index >= 15 is 0 Å². The predicted octanol–water partition coefficient (Wildman–Crippen LogP) is -0.230. The van der Waals surface area contributed by atoms with Crippen molar-refractivity contribution in [3.05, 3.63) is 0 Å². The summed E-state index contributed by atoms with van der Waals surface area (Å²) >= 11 is 0. The number of likely N-dealkylation sites (tertiary alicyclic amines) is 2. The van der Waals surface area contributed by atoms with E-state index in [1.807, 2.05) is 0 Å². The van der Waals surface area contributed by atoms with Crippen LogP contribution in [0.1, 0.15) is 32.1 Å². The molecule has 138 valence electrons. The van der Waals surface area contributed by atoms with Gasteiger partial charge in [-0.25, -0.2) is 4.79 Å². The number of piperidine rings is 1. The number of nitrogens with zero attached hydrogens (tertiary/aromatic N) is 4. The molecule has 3 saturated heterocycles. The first-order valence-corrected chi connectivity index (χ1v) is 8.82. The first kappa shape index (κ1) is 17.7. The number of rotatable bonds is 3. The van der Waals surface area contributed by atoms with Crippen molar-refractivity contribution < 1.29 is 24.3 Å². The molecule has 3 rings (SSSR count). The van der Waals surface area contributed by atoms with E-state index in [2.05, 4.69) is 4.90 Å². The van der Waals surface area contributed by atoms with Gasteiger partial charge in [0.15, 0.2) is 0 Å². The van der Waals surface area contributed by atoms with E-state index in [-0.39, 0.29) is 50.2 Å². The van der Waals surface area contributed by atoms with Crippen molar-refractivity contribution in [2.45, 2.75) is 38.3 Å². The molecule has 3 aliphatic heterocycles. The van der Waals surface area contributed by atoms with Gasteiger partial charge in [0.2, 0.25) is 17.7 Å². The highest BCUT2D eigenvalue weighted by Gasteiger charge is 2.43. The Morgan fingerprint density at radius 3 is 2.20 bits per heavy atom. The van der Waals surface area contributed by atoms with Crippen LogP contribution in [0.5, 0.6) is 0 Å². The molecule has 3 fully saturated rings. The minimum atomic E-state index is -1.18. The van der Waals surface area contributed by atoms with E-state index < -0.39 is 12.3 Å². The second kappa shape index (κ2) is 7.38. The molecule has 0 aliphatic carbocycles. The van der Waals surface area contributed by atoms with Crippen LogP contribution in [-0.4, -0.2) is 94.0 Å². The Bertz CT molecular complexity index is 559. The van der Waals surface area contributed by atoms with Gasteiger partial charge in [-0.2, -0.15) is 0 Å². The molecule has 4 amide bonds. The first-order chi connectivity index (χ1) is 12.0. The molecule has 0 spiro atoms. The molecular weight excluding hydrogens is 328 g/mol. The number of carbonyl (C=O) groups is 4. The maximum Gasteiger partial charge on any atom is 0.409 e. The molecule has 0 bridgehead atoms. The number of carbonyl (C=O) groups excluding carboxylic acids is 3. The maximum atomic E-state index is 12.6. The van der Waals surface area contributed by atoms with Gasteiger partial charge in [-0.15, -0.1) is 0 Å². The molecule has 0 aromatic rings. The summed E-state index contributed by atoms with van der Waals surface area (Å²) < 4.78 is 0. The molecule has 1 unspecified atom stereocenters. The highest BCUT2D eigenvalue weighted by atomic mass is 16.4. The third-order valence-electron chi connectivity index (χ3n) is 5.15. The van der Waals surface area contributed by atoms with Crippen LogP contribution in [0.15, 0.2) is 0 Å². The smallest absolute Gasteiger partial charge is 0.409 e. The molecule has 25 heavy (non-hydrogen) atoms. The topological polar surface area (TPSA) is 101 Å². The number of hydrogen-bond donors (Lipinski definition) is 1. The van der Waals surface area contributed by atoms with Gasteiger partial charge >= 0.3 is 6.09 Å². The number of amides is 4. The molecule has 3 aliphatic rings. The van der Waals surface area contributed by atoms with E-state index in [4.69, 9.17) is 0 Å². The average molecular weight is 352 g/mol. The predicted molar refractivity (Wildman–Crippen MR) is 86.5 cm³/mol. The van der Waals surface area contributed by atoms with E-state index in [9.17, 15) is 24.3 Å². The van der Waals surface area contributed by atoms with Crippen LogP contribution < -0.4 is 0 Å². The van der Waals surface area contributed by atoms with Crippen molar-refractivity contribution in [3.63, 3.8) is 0 Å². The zero-order valence-electron chi connectivity index (χ0n) is 14.2. The molecule has 0 radical (unpaired) electrons. The van der Waals surface area contributed by atoms with Crippen LogP contribution in [0.3, 0.4) is 0 Å². The number of piperazine rings is 1. The Morgan fingerprint density at radius 1 is 0.960 bits per heavy atom. The van der Waals surface area contributed by atoms with Gasteiger partial charge in [-0.3, -0.25) is 29.1 Å². The van der Waals surface area contributed by atoms with Gasteiger partial charge in [-0.05, 0) is 25.9 Å². The lowest BCUT2D eigenvalue weighted by Gasteiger charge is -2.43. The first-order valence-electron chi connectivity index (χ1n) is 8.82. The Hall–Kier alpha value is -2.16. The van der Waals surface area contributed by atoms with Crippen molar-refractivity contribution in [3.8, 4) is 0 Å². The fourth-order valence-corrected chi connectivity index (χ4v) is 3.77. The van der Waals surface area contributed by atoms with Crippen molar-refractivity contribution in [1.82, 2.24) is 19.6 Å². The van der Waals surface area contributed by atoms with Gasteiger partial charge < -0.3 is 10.0 Å². The molecule has 0 aromatic carbocycles. The Labute approximate surface area is 146 Å². The Kier molecular flexibility index (Phi) is 5.22. The van der Waals surface area contributed by atoms with Crippen molar-refractivity contribution in [2.24, 2.45) is 0 Å². The van der Waals surface area contributed by atoms with Crippen LogP contribution in [0.4, 0.5) is 4.79 Å². The fraction of sp³-hybridized carbons (Fsp3) is 0.750. The van der Waals surface area contributed by atoms with E-state index in [0.29, 0.717) is 6.54 Å². The largest absolute Gasteiger partial charge is 0.465 e. The lowest BCUT2D eigenvalue weighted by atomic mass is 10.1. The Balaban J connectivity index is 1.69. The van der Waals surface area contributed by atoms with Gasteiger partial charge in [-0.1, -0.05) is 6.42 Å². The quantitative estimate of drug-likeness (QED) is 0.704. The molecule has 1 atom stereocenters. The van der Waals surface area contributed by atoms with Crippen LogP contribution in [0.25, 0.3) is 0 Å². The minimum Gasteiger partial charge on any atom is -0.465 e. The van der Waals surface area contributed by atoms with E-state index in [1.54, 1.807) is 4.90 Å². The average Bonchev–Trinajstić information content (AvgIpc) is 2.93. The zero-order chi connectivity index (χ0) is 18.0. The van der Waals surface area contributed by atoms with Gasteiger partial charge in [0, 0.05) is 25.9 Å². The van der Waals surface area contributed by atoms with Crippen LogP contribution in [-0.2, 0) is 14.4 Å². The lowest BCUT2D eigenvalue weighted by Crippen LogP contribution is -2.64. The molecule has 0 saturated carbocycles. The molecule has 0 aromatic heterocycles. The summed E-state index contributed by atoms with van der Waals surface area (Å²) in [4.78, 5) is 53.9. The minimum absolute atomic E-state index is 0.0520. The van der Waals surface area contributed by atoms with Crippen LogP contribution in [0.2, 0.25) is 0 Å². The number of carboxylic acid groups (broad SMARTS) is 1. The summed E-state index contributed by atoms with van der Waals surface area (Å²) in [5, 5.41) is 9.39. The third kappa shape index (κ3) is 3.76. The monoisotopic (exact) mass is 352 g/mol. The second-order valence-corrected chi connectivity index (χ2v) is 6.79. The summed E-state index contributed by atoms with van der Waals surface area (Å²) in [5.41, 5.74) is 0. The van der Waals surface area contributed by atoms with Crippen molar-refractivity contribution >= 4 is 23.8 Å². The van der Waals surface area contributed by atoms with Crippen LogP contribution in [0, 0.1) is 0 Å². The van der Waals surface area contributed by atoms with E-state index in [0.717, 1.165) is 35.7 Å². The highest BCUT2D eigenvalue weighted by molar-refractivity contribution is 6.02. The standard InChI is InChI=1S/C16H24N4O5/c21-13-4-5-14(22)20(13)12-10-18(8-9-19(12)16(24)25)15(23)11-17-6-2-1-3-7-17/h12H,1-11H2,(H,24,25). The van der Waals surface area contributed by atoms with Crippen LogP contribution >= 0.6 is 0 Å². The summed E-state index contributed by atoms with van der Waals surface area (Å²) in [5.74, 6) is -0.811. The normalized spacial score (nSPS) is 25.6. The molecular formula is C16H24N4O5. The second-order valence-electron chi connectivity index (χ2n) is 6.79. The highest BCUT2D eigenvalue weighted by Crippen LogP contribution is 2.22. The summed E-state index contributed by atoms with van der Waals surface area (Å²) in [6.45, 7) is 2.54. The maximum absolute atomic E-state index is 12.6. The zero-order valence-corrected chi connectivity index (χ0v) is 14.2. The summed E-state index contributed by atoms with van der Waals surface area (Å²) in [6, 6.07) is 0. The summed E-state index contributed by atoms with van der Waals surface area (Å²) in [7, 11) is 0. The molecule has 9 heteroatoms. The van der Waals surface area contributed by atoms with Gasteiger partial charge in [0.1, 0.15) is 6.17 Å². The lowest BCUT2D eigenvalue weighted by molar-refractivity contribution is -0.151. The number of imide groups is 1. The third-order valence-corrected chi connectivity index (χ3v) is 5.15. The fourth-order valence-electron chi connectivity index (χ4n) is 3.77. The molecule has 1 N–H and O–H groups in total. The van der Waals surface area contributed by atoms with Gasteiger partial charge in [0.05, 0.1) is 13.1 Å². The molecule has 3 heterocycles. The number of hydrogen-bond acceptors (Lipinski definition) is 5. The van der Waals surface area contributed by atoms with Gasteiger partial charge in [0.25, 0.3) is 0 Å². The van der Waals surface area contributed by atoms with Crippen molar-refractivity contribution in [2.75, 3.05) is 39.3 Å². The molecule has 9 nitrogen and oxygen atoms in total. The Morgan fingerprint density at radius 2 is 1.60 bits per heavy atom. The SMILES string of the molecule is O=C(CN1CCCCC1)N1CCN(C(=O)O)C(N2C(=O)CCC2=O)C1.